The summed E-state index contributed by atoms with van der Waals surface area (Å²) in [4.78, 5) is 0. The van der Waals surface area contributed by atoms with Crippen LogP contribution in [-0.2, 0) is 9.16 Å². The van der Waals surface area contributed by atoms with Crippen LogP contribution in [-0.4, -0.2) is 34.0 Å². The summed E-state index contributed by atoms with van der Waals surface area (Å²) in [6.45, 7) is 8.25. The number of nitrogens with two attached hydrogens (primary N) is 1. The van der Waals surface area contributed by atoms with E-state index in [9.17, 15) is 0 Å². The van der Waals surface area contributed by atoms with Gasteiger partial charge < -0.3 is 14.9 Å². The van der Waals surface area contributed by atoms with Crippen molar-refractivity contribution in [1.82, 2.24) is 0 Å². The summed E-state index contributed by atoms with van der Waals surface area (Å²) in [5, 5.41) is 9.75. The van der Waals surface area contributed by atoms with Gasteiger partial charge in [-0.25, -0.2) is 0 Å². The fraction of sp³-hybridized carbons (Fsp3) is 0.381. The van der Waals surface area contributed by atoms with Crippen LogP contribution in [0.25, 0.3) is 0 Å². The van der Waals surface area contributed by atoms with Crippen LogP contribution in [0.2, 0.25) is 5.04 Å². The van der Waals surface area contributed by atoms with E-state index < -0.39 is 8.32 Å². The van der Waals surface area contributed by atoms with Crippen LogP contribution >= 0.6 is 0 Å². The predicted molar refractivity (Wildman–Crippen MR) is 111 cm³/mol. The van der Waals surface area contributed by atoms with Crippen LogP contribution in [0, 0.1) is 5.41 Å². The van der Waals surface area contributed by atoms with Crippen LogP contribution < -0.4 is 16.1 Å². The van der Waals surface area contributed by atoms with Crippen LogP contribution in [0.3, 0.4) is 0 Å². The van der Waals surface area contributed by atoms with E-state index in [0.717, 1.165) is 0 Å². The predicted octanol–water partition coefficient (Wildman–Crippen LogP) is 2.91. The average molecular weight is 371 g/mol. The Morgan fingerprint density at radius 2 is 1.38 bits per heavy atom. The number of ether oxygens (including phenoxy) is 1. The van der Waals surface area contributed by atoms with Gasteiger partial charge in [-0.3, -0.25) is 5.41 Å². The lowest BCUT2D eigenvalue weighted by Crippen LogP contribution is -2.66. The van der Waals surface area contributed by atoms with E-state index in [2.05, 4.69) is 69.3 Å². The summed E-state index contributed by atoms with van der Waals surface area (Å²) in [7, 11) is -2.48. The Labute approximate surface area is 158 Å². The Morgan fingerprint density at radius 3 is 1.81 bits per heavy atom. The monoisotopic (exact) mass is 370 g/mol. The molecule has 0 aromatic heterocycles. The van der Waals surface area contributed by atoms with Gasteiger partial charge in [0, 0.05) is 6.42 Å². The van der Waals surface area contributed by atoms with Crippen LogP contribution in [0.4, 0.5) is 0 Å². The van der Waals surface area contributed by atoms with Gasteiger partial charge in [0.05, 0.1) is 25.7 Å². The quantitative estimate of drug-likeness (QED) is 0.309. The maximum Gasteiger partial charge on any atom is 0.261 e. The van der Waals surface area contributed by atoms with Gasteiger partial charge in [0.2, 0.25) is 0 Å². The van der Waals surface area contributed by atoms with Gasteiger partial charge in [0.25, 0.3) is 8.32 Å². The van der Waals surface area contributed by atoms with Crippen molar-refractivity contribution in [2.24, 2.45) is 5.73 Å². The summed E-state index contributed by atoms with van der Waals surface area (Å²) >= 11 is 0. The molecule has 2 aromatic rings. The standard InChI is InChI=1S/C21H30N2O2Si/c1-21(2,3)26(18-10-6-4-7-11-18,19-12-8-5-9-13-19)25-17-16-24-15-14-20(22)23/h4-13H,14-17H2,1-3H3,(H3,22,23). The van der Waals surface area contributed by atoms with E-state index >= 15 is 0 Å². The summed E-state index contributed by atoms with van der Waals surface area (Å²) in [5.74, 6) is 0.151. The zero-order valence-corrected chi connectivity index (χ0v) is 17.0. The van der Waals surface area contributed by atoms with Gasteiger partial charge in [-0.15, -0.1) is 0 Å². The first-order chi connectivity index (χ1) is 12.4. The maximum absolute atomic E-state index is 7.25. The van der Waals surface area contributed by atoms with E-state index in [1.54, 1.807) is 0 Å². The lowest BCUT2D eigenvalue weighted by molar-refractivity contribution is 0.102. The van der Waals surface area contributed by atoms with Gasteiger partial charge in [-0.1, -0.05) is 81.4 Å². The molecule has 3 N–H and O–H groups in total. The van der Waals surface area contributed by atoms with Gasteiger partial charge >= 0.3 is 0 Å². The third-order valence-corrected chi connectivity index (χ3v) is 9.52. The molecule has 2 rings (SSSR count). The molecule has 0 amide bonds. The SMILES string of the molecule is CC(C)(C)[Si](OCCOCCC(=N)N)(c1ccccc1)c1ccccc1. The van der Waals surface area contributed by atoms with E-state index in [4.69, 9.17) is 20.3 Å². The minimum Gasteiger partial charge on any atom is -0.405 e. The summed E-state index contributed by atoms with van der Waals surface area (Å²) in [5.41, 5.74) is 5.36. The van der Waals surface area contributed by atoms with Crippen molar-refractivity contribution in [2.45, 2.75) is 32.2 Å². The molecule has 0 saturated heterocycles. The lowest BCUT2D eigenvalue weighted by Gasteiger charge is -2.43. The molecule has 0 saturated carbocycles. The van der Waals surface area contributed by atoms with Crippen LogP contribution in [0.15, 0.2) is 60.7 Å². The highest BCUT2D eigenvalue weighted by Gasteiger charge is 2.49. The van der Waals surface area contributed by atoms with Gasteiger partial charge in [-0.05, 0) is 15.4 Å². The molecule has 140 valence electrons. The smallest absolute Gasteiger partial charge is 0.261 e. The minimum absolute atomic E-state index is 0.0326. The van der Waals surface area contributed by atoms with Crippen molar-refractivity contribution < 1.29 is 9.16 Å². The third-order valence-electron chi connectivity index (χ3n) is 4.48. The lowest BCUT2D eigenvalue weighted by atomic mass is 10.2. The highest BCUT2D eigenvalue weighted by atomic mass is 28.4. The van der Waals surface area contributed by atoms with E-state index in [-0.39, 0.29) is 10.9 Å². The first-order valence-corrected chi connectivity index (χ1v) is 10.9. The average Bonchev–Trinajstić information content (AvgIpc) is 2.61. The van der Waals surface area contributed by atoms with Crippen molar-refractivity contribution in [3.8, 4) is 0 Å². The number of benzene rings is 2. The van der Waals surface area contributed by atoms with Crippen LogP contribution in [0.1, 0.15) is 27.2 Å². The Balaban J connectivity index is 2.28. The molecule has 0 atom stereocenters. The molecule has 0 aliphatic heterocycles. The minimum atomic E-state index is -2.48. The molecular weight excluding hydrogens is 340 g/mol. The number of rotatable bonds is 9. The second-order valence-corrected chi connectivity index (χ2v) is 11.7. The van der Waals surface area contributed by atoms with E-state index in [1.165, 1.54) is 10.4 Å². The number of hydrogen-bond acceptors (Lipinski definition) is 3. The number of amidine groups is 1. The fourth-order valence-corrected chi connectivity index (χ4v) is 7.84. The highest BCUT2D eigenvalue weighted by molar-refractivity contribution is 6.99. The van der Waals surface area contributed by atoms with Crippen molar-refractivity contribution in [3.63, 3.8) is 0 Å². The molecular formula is C21H30N2O2Si. The number of hydrogen-bond donors (Lipinski definition) is 2. The Hall–Kier alpha value is -1.95. The summed E-state index contributed by atoms with van der Waals surface area (Å²) in [6.07, 6.45) is 0.458. The molecule has 4 nitrogen and oxygen atoms in total. The molecule has 0 aliphatic rings. The number of nitrogens with one attached hydrogen (secondary N) is 1. The third kappa shape index (κ3) is 4.81. The van der Waals surface area contributed by atoms with Gasteiger partial charge in [0.1, 0.15) is 0 Å². The van der Waals surface area contributed by atoms with Crippen molar-refractivity contribution in [1.29, 1.82) is 5.41 Å². The fourth-order valence-electron chi connectivity index (χ4n) is 3.30. The maximum atomic E-state index is 7.25. The molecule has 5 heteroatoms. The molecule has 2 aromatic carbocycles. The molecule has 0 heterocycles. The Kier molecular flexibility index (Phi) is 7.14. The van der Waals surface area contributed by atoms with Gasteiger partial charge in [0.15, 0.2) is 0 Å². The topological polar surface area (TPSA) is 68.3 Å². The first-order valence-electron chi connectivity index (χ1n) is 9.03. The molecule has 0 fully saturated rings. The van der Waals surface area contributed by atoms with E-state index in [0.29, 0.717) is 26.2 Å². The molecule has 0 bridgehead atoms. The van der Waals surface area contributed by atoms with E-state index in [1.807, 2.05) is 12.1 Å². The van der Waals surface area contributed by atoms with Crippen LogP contribution in [0.5, 0.6) is 0 Å². The second kappa shape index (κ2) is 9.12. The first kappa shape index (κ1) is 20.4. The Bertz CT molecular complexity index is 645. The molecule has 0 spiro atoms. The Morgan fingerprint density at radius 1 is 0.885 bits per heavy atom. The molecule has 0 radical (unpaired) electrons. The molecule has 0 unspecified atom stereocenters. The summed E-state index contributed by atoms with van der Waals surface area (Å²) in [6, 6.07) is 21.1. The van der Waals surface area contributed by atoms with Gasteiger partial charge in [-0.2, -0.15) is 0 Å². The van der Waals surface area contributed by atoms with Crippen molar-refractivity contribution in [2.75, 3.05) is 19.8 Å². The highest BCUT2D eigenvalue weighted by Crippen LogP contribution is 2.36. The molecule has 26 heavy (non-hydrogen) atoms. The normalized spacial score (nSPS) is 12.1. The van der Waals surface area contributed by atoms with Crippen molar-refractivity contribution in [3.05, 3.63) is 60.7 Å². The largest absolute Gasteiger partial charge is 0.405 e. The molecule has 0 aliphatic carbocycles. The second-order valence-electron chi connectivity index (χ2n) is 7.40. The van der Waals surface area contributed by atoms with Crippen molar-refractivity contribution >= 4 is 24.5 Å². The zero-order valence-electron chi connectivity index (χ0n) is 16.0. The zero-order chi connectivity index (χ0) is 19.0. The summed E-state index contributed by atoms with van der Waals surface area (Å²) < 4.78 is 12.3.